The van der Waals surface area contributed by atoms with Crippen LogP contribution in [0.2, 0.25) is 0 Å². The van der Waals surface area contributed by atoms with E-state index >= 15 is 0 Å². The molecule has 0 heteroatoms. The largest absolute Gasteiger partial charge is 0.0848 e. The summed E-state index contributed by atoms with van der Waals surface area (Å²) in [6, 6.07) is 0. The topological polar surface area (TPSA) is 0 Å². The number of hydrogen-bond donors (Lipinski definition) is 0. The maximum Gasteiger partial charge on any atom is -0.0200 e. The predicted molar refractivity (Wildman–Crippen MR) is 48.2 cm³/mol. The van der Waals surface area contributed by atoms with Crippen molar-refractivity contribution in [2.75, 3.05) is 0 Å². The van der Waals surface area contributed by atoms with Crippen LogP contribution in [0.5, 0.6) is 0 Å². The van der Waals surface area contributed by atoms with Crippen LogP contribution in [0.3, 0.4) is 0 Å². The zero-order valence-corrected chi connectivity index (χ0v) is 7.18. The third kappa shape index (κ3) is 1.66. The Hall–Kier alpha value is -0.260. The van der Waals surface area contributed by atoms with Crippen LogP contribution < -0.4 is 0 Å². The first-order valence-electron chi connectivity index (χ1n) is 4.97. The third-order valence-corrected chi connectivity index (χ3v) is 3.04. The lowest BCUT2D eigenvalue weighted by molar-refractivity contribution is 0.523. The molecule has 0 aliphatic heterocycles. The molecular weight excluding hydrogens is 132 g/mol. The van der Waals surface area contributed by atoms with Gasteiger partial charge in [0.05, 0.1) is 0 Å². The molecule has 0 aromatic heterocycles. The number of rotatable bonds is 0. The quantitative estimate of drug-likeness (QED) is 0.462. The van der Waals surface area contributed by atoms with Crippen LogP contribution in [0.1, 0.15) is 44.9 Å². The molecule has 0 amide bonds. The average molecular weight is 149 g/mol. The molecule has 0 bridgehead atoms. The van der Waals surface area contributed by atoms with Gasteiger partial charge in [-0.3, -0.25) is 0 Å². The monoisotopic (exact) mass is 149 g/mol. The van der Waals surface area contributed by atoms with Gasteiger partial charge >= 0.3 is 0 Å². The second kappa shape index (κ2) is 3.42. The lowest BCUT2D eigenvalue weighted by Gasteiger charge is -2.21. The molecule has 2 aliphatic rings. The fourth-order valence-corrected chi connectivity index (χ4v) is 2.36. The molecule has 0 heterocycles. The van der Waals surface area contributed by atoms with Crippen molar-refractivity contribution in [2.24, 2.45) is 5.92 Å². The van der Waals surface area contributed by atoms with E-state index in [1.165, 1.54) is 44.9 Å². The van der Waals surface area contributed by atoms with Gasteiger partial charge in [0.25, 0.3) is 0 Å². The van der Waals surface area contributed by atoms with E-state index < -0.39 is 0 Å². The van der Waals surface area contributed by atoms with Gasteiger partial charge in [0.1, 0.15) is 0 Å². The van der Waals surface area contributed by atoms with Crippen LogP contribution in [0, 0.1) is 12.3 Å². The van der Waals surface area contributed by atoms with Crippen molar-refractivity contribution in [2.45, 2.75) is 44.9 Å². The highest BCUT2D eigenvalue weighted by Gasteiger charge is 2.18. The van der Waals surface area contributed by atoms with Gasteiger partial charge in [0.15, 0.2) is 0 Å². The first-order valence-corrected chi connectivity index (χ1v) is 4.97. The molecule has 1 atom stereocenters. The number of allylic oxidation sites excluding steroid dienone is 2. The molecule has 1 unspecified atom stereocenters. The van der Waals surface area contributed by atoms with Crippen molar-refractivity contribution in [3.63, 3.8) is 0 Å². The van der Waals surface area contributed by atoms with Crippen LogP contribution in [0.4, 0.5) is 0 Å². The van der Waals surface area contributed by atoms with Gasteiger partial charge in [0, 0.05) is 0 Å². The Kier molecular flexibility index (Phi) is 2.30. The van der Waals surface area contributed by atoms with Crippen LogP contribution in [0.25, 0.3) is 0 Å². The van der Waals surface area contributed by atoms with Gasteiger partial charge < -0.3 is 0 Å². The molecule has 2 aliphatic carbocycles. The van der Waals surface area contributed by atoms with Gasteiger partial charge in [-0.1, -0.05) is 24.5 Å². The summed E-state index contributed by atoms with van der Waals surface area (Å²) in [5, 5.41) is 0. The second-order valence-corrected chi connectivity index (χ2v) is 3.84. The summed E-state index contributed by atoms with van der Waals surface area (Å²) < 4.78 is 0. The normalized spacial score (nSPS) is 32.0. The summed E-state index contributed by atoms with van der Waals surface area (Å²) >= 11 is 0. The minimum Gasteiger partial charge on any atom is -0.0848 e. The highest BCUT2D eigenvalue weighted by atomic mass is 14.2. The molecule has 0 spiro atoms. The molecule has 0 nitrogen and oxygen atoms in total. The maximum atomic E-state index is 2.47. The first kappa shape index (κ1) is 7.39. The molecule has 11 heavy (non-hydrogen) atoms. The van der Waals surface area contributed by atoms with Crippen molar-refractivity contribution in [1.29, 1.82) is 0 Å². The van der Waals surface area contributed by atoms with Crippen LogP contribution >= 0.6 is 0 Å². The van der Waals surface area contributed by atoms with Gasteiger partial charge in [0.2, 0.25) is 0 Å². The van der Waals surface area contributed by atoms with Gasteiger partial charge in [-0.25, -0.2) is 0 Å². The van der Waals surface area contributed by atoms with Crippen LogP contribution in [-0.4, -0.2) is 0 Å². The lowest BCUT2D eigenvalue weighted by Crippen LogP contribution is -2.06. The SMILES string of the molecule is [CH]1CC=C2CCCCCC2C1. The summed E-state index contributed by atoms with van der Waals surface area (Å²) in [5.41, 5.74) is 1.78. The Morgan fingerprint density at radius 1 is 1.18 bits per heavy atom. The fourth-order valence-electron chi connectivity index (χ4n) is 2.36. The standard InChI is InChI=1S/C11H17/c1-2-6-10-8-4-5-9-11(10)7-3-1/h4,9-10H,1-3,5-8H2. The zero-order valence-electron chi connectivity index (χ0n) is 7.18. The average Bonchev–Trinajstić information content (AvgIpc) is 2.28. The molecule has 1 saturated carbocycles. The van der Waals surface area contributed by atoms with Crippen molar-refractivity contribution < 1.29 is 0 Å². The predicted octanol–water partition coefficient (Wildman–Crippen LogP) is 3.49. The Morgan fingerprint density at radius 3 is 3.18 bits per heavy atom. The summed E-state index contributed by atoms with van der Waals surface area (Å²) in [5.74, 6) is 0.950. The summed E-state index contributed by atoms with van der Waals surface area (Å²) in [6.07, 6.45) is 14.8. The molecule has 0 aromatic rings. The van der Waals surface area contributed by atoms with E-state index in [9.17, 15) is 0 Å². The van der Waals surface area contributed by atoms with Crippen molar-refractivity contribution in [1.82, 2.24) is 0 Å². The van der Waals surface area contributed by atoms with Gasteiger partial charge in [-0.15, -0.1) is 0 Å². The molecule has 0 saturated heterocycles. The van der Waals surface area contributed by atoms with E-state index in [0.29, 0.717) is 0 Å². The van der Waals surface area contributed by atoms with E-state index in [0.717, 1.165) is 5.92 Å². The Morgan fingerprint density at radius 2 is 2.18 bits per heavy atom. The van der Waals surface area contributed by atoms with E-state index in [1.54, 1.807) is 5.57 Å². The van der Waals surface area contributed by atoms with Crippen LogP contribution in [0.15, 0.2) is 11.6 Å². The van der Waals surface area contributed by atoms with Gasteiger partial charge in [-0.2, -0.15) is 0 Å². The highest BCUT2D eigenvalue weighted by molar-refractivity contribution is 5.14. The van der Waals surface area contributed by atoms with Crippen molar-refractivity contribution in [3.8, 4) is 0 Å². The van der Waals surface area contributed by atoms with E-state index in [4.69, 9.17) is 0 Å². The molecular formula is C11H17. The maximum absolute atomic E-state index is 2.47. The van der Waals surface area contributed by atoms with Crippen molar-refractivity contribution >= 4 is 0 Å². The van der Waals surface area contributed by atoms with Crippen molar-refractivity contribution in [3.05, 3.63) is 18.1 Å². The Labute approximate surface area is 69.7 Å². The molecule has 1 radical (unpaired) electrons. The number of hydrogen-bond acceptors (Lipinski definition) is 0. The van der Waals surface area contributed by atoms with Crippen LogP contribution in [-0.2, 0) is 0 Å². The van der Waals surface area contributed by atoms with E-state index in [2.05, 4.69) is 12.5 Å². The minimum absolute atomic E-state index is 0.950. The molecule has 2 rings (SSSR count). The highest BCUT2D eigenvalue weighted by Crippen LogP contribution is 2.34. The molecule has 61 valence electrons. The fraction of sp³-hybridized carbons (Fsp3) is 0.727. The third-order valence-electron chi connectivity index (χ3n) is 3.04. The lowest BCUT2D eigenvalue weighted by atomic mass is 9.85. The minimum atomic E-state index is 0.950. The Bertz CT molecular complexity index is 155. The number of fused-ring (bicyclic) bond motifs is 1. The van der Waals surface area contributed by atoms with E-state index in [1.807, 2.05) is 0 Å². The zero-order chi connectivity index (χ0) is 7.52. The summed E-state index contributed by atoms with van der Waals surface area (Å²) in [4.78, 5) is 0. The van der Waals surface area contributed by atoms with E-state index in [-0.39, 0.29) is 0 Å². The molecule has 1 fully saturated rings. The Balaban J connectivity index is 2.07. The first-order chi connectivity index (χ1) is 5.47. The summed E-state index contributed by atoms with van der Waals surface area (Å²) in [7, 11) is 0. The molecule has 0 aromatic carbocycles. The molecule has 0 N–H and O–H groups in total. The van der Waals surface area contributed by atoms with Gasteiger partial charge in [-0.05, 0) is 44.4 Å². The second-order valence-electron chi connectivity index (χ2n) is 3.84. The smallest absolute Gasteiger partial charge is 0.0200 e. The summed E-state index contributed by atoms with van der Waals surface area (Å²) in [6.45, 7) is 0.